The number of carbonyl (C=O) groups is 2. The highest BCUT2D eigenvalue weighted by Crippen LogP contribution is 2.19. The predicted octanol–water partition coefficient (Wildman–Crippen LogP) is 1.29. The van der Waals surface area contributed by atoms with E-state index in [1.165, 1.54) is 0 Å². The summed E-state index contributed by atoms with van der Waals surface area (Å²) in [4.78, 5) is 23.2. The molecular formula is C14H18N2O3. The maximum Gasteiger partial charge on any atom is 0.251 e. The van der Waals surface area contributed by atoms with Gasteiger partial charge in [0.1, 0.15) is 0 Å². The lowest BCUT2D eigenvalue weighted by molar-refractivity contribution is -0.116. The first-order chi connectivity index (χ1) is 9.19. The molecule has 0 heterocycles. The van der Waals surface area contributed by atoms with Crippen LogP contribution in [0.15, 0.2) is 24.3 Å². The third-order valence-electron chi connectivity index (χ3n) is 2.91. The molecule has 19 heavy (non-hydrogen) atoms. The summed E-state index contributed by atoms with van der Waals surface area (Å²) in [6, 6.07) is 7.14. The van der Waals surface area contributed by atoms with Crippen molar-refractivity contribution in [2.75, 3.05) is 11.9 Å². The van der Waals surface area contributed by atoms with Gasteiger partial charge in [-0.05, 0) is 43.5 Å². The van der Waals surface area contributed by atoms with Crippen LogP contribution in [-0.2, 0) is 4.79 Å². The third-order valence-corrected chi connectivity index (χ3v) is 2.91. The smallest absolute Gasteiger partial charge is 0.251 e. The highest BCUT2D eigenvalue weighted by molar-refractivity contribution is 5.96. The van der Waals surface area contributed by atoms with E-state index in [4.69, 9.17) is 5.11 Å². The summed E-state index contributed by atoms with van der Waals surface area (Å²) in [6.07, 6.45) is 2.86. The topological polar surface area (TPSA) is 78.4 Å². The Morgan fingerprint density at radius 3 is 2.47 bits per heavy atom. The second-order valence-electron chi connectivity index (χ2n) is 4.70. The lowest BCUT2D eigenvalue weighted by atomic mass is 10.2. The molecule has 0 spiro atoms. The van der Waals surface area contributed by atoms with Gasteiger partial charge < -0.3 is 15.7 Å². The summed E-state index contributed by atoms with van der Waals surface area (Å²) in [6.45, 7) is 0.00763. The summed E-state index contributed by atoms with van der Waals surface area (Å²) < 4.78 is 0. The third kappa shape index (κ3) is 4.37. The van der Waals surface area contributed by atoms with E-state index in [-0.39, 0.29) is 18.4 Å². The van der Waals surface area contributed by atoms with E-state index < -0.39 is 0 Å². The predicted molar refractivity (Wildman–Crippen MR) is 71.9 cm³/mol. The summed E-state index contributed by atoms with van der Waals surface area (Å²) in [5.74, 6) is -0.204. The van der Waals surface area contributed by atoms with E-state index in [0.29, 0.717) is 30.1 Å². The highest BCUT2D eigenvalue weighted by Gasteiger charge is 2.23. The van der Waals surface area contributed by atoms with Crippen LogP contribution < -0.4 is 10.6 Å². The van der Waals surface area contributed by atoms with Crippen molar-refractivity contribution < 1.29 is 14.7 Å². The van der Waals surface area contributed by atoms with Gasteiger partial charge in [-0.2, -0.15) is 0 Å². The van der Waals surface area contributed by atoms with Crippen molar-refractivity contribution in [2.45, 2.75) is 31.7 Å². The molecule has 5 heteroatoms. The summed E-state index contributed by atoms with van der Waals surface area (Å²) in [7, 11) is 0. The van der Waals surface area contributed by atoms with E-state index in [9.17, 15) is 9.59 Å². The standard InChI is InChI=1S/C14H18N2O3/c17-9-1-2-13(18)15-11-5-3-10(4-6-11)14(19)16-12-7-8-12/h3-6,12,17H,1-2,7-9H2,(H,15,18)(H,16,19). The van der Waals surface area contributed by atoms with Crippen LogP contribution in [-0.4, -0.2) is 29.6 Å². The van der Waals surface area contributed by atoms with Gasteiger partial charge in [0, 0.05) is 30.3 Å². The number of rotatable bonds is 6. The van der Waals surface area contributed by atoms with Gasteiger partial charge in [-0.1, -0.05) is 0 Å². The molecule has 2 amide bonds. The Bertz CT molecular complexity index is 452. The number of carbonyl (C=O) groups excluding carboxylic acids is 2. The Labute approximate surface area is 112 Å². The van der Waals surface area contributed by atoms with Crippen LogP contribution in [0.1, 0.15) is 36.0 Å². The van der Waals surface area contributed by atoms with Crippen LogP contribution in [0.4, 0.5) is 5.69 Å². The number of nitrogens with one attached hydrogen (secondary N) is 2. The molecule has 0 radical (unpaired) electrons. The molecule has 0 atom stereocenters. The van der Waals surface area contributed by atoms with Gasteiger partial charge in [0.05, 0.1) is 0 Å². The number of aliphatic hydroxyl groups excluding tert-OH is 1. The summed E-state index contributed by atoms with van der Waals surface area (Å²) in [5, 5.41) is 14.2. The number of hydrogen-bond acceptors (Lipinski definition) is 3. The molecule has 1 aliphatic rings. The van der Waals surface area contributed by atoms with Gasteiger partial charge in [-0.15, -0.1) is 0 Å². The van der Waals surface area contributed by atoms with Crippen LogP contribution in [0.25, 0.3) is 0 Å². The van der Waals surface area contributed by atoms with Gasteiger partial charge in [0.2, 0.25) is 5.91 Å². The van der Waals surface area contributed by atoms with Crippen molar-refractivity contribution in [2.24, 2.45) is 0 Å². The molecule has 2 rings (SSSR count). The molecule has 0 bridgehead atoms. The van der Waals surface area contributed by atoms with Crippen LogP contribution in [0.5, 0.6) is 0 Å². The maximum absolute atomic E-state index is 11.7. The number of hydrogen-bond donors (Lipinski definition) is 3. The van der Waals surface area contributed by atoms with Crippen molar-refractivity contribution in [3.8, 4) is 0 Å². The van der Waals surface area contributed by atoms with Crippen molar-refractivity contribution in [1.29, 1.82) is 0 Å². The molecule has 0 aliphatic heterocycles. The second kappa shape index (κ2) is 6.33. The van der Waals surface area contributed by atoms with Crippen molar-refractivity contribution >= 4 is 17.5 Å². The lowest BCUT2D eigenvalue weighted by Crippen LogP contribution is -2.25. The molecular weight excluding hydrogens is 244 g/mol. The second-order valence-corrected chi connectivity index (χ2v) is 4.70. The molecule has 0 aromatic heterocycles. The SMILES string of the molecule is O=C(CCCO)Nc1ccc(C(=O)NC2CC2)cc1. The van der Waals surface area contributed by atoms with Gasteiger partial charge in [0.15, 0.2) is 0 Å². The minimum atomic E-state index is -0.135. The quantitative estimate of drug-likeness (QED) is 0.723. The zero-order valence-corrected chi connectivity index (χ0v) is 10.7. The minimum Gasteiger partial charge on any atom is -0.396 e. The lowest BCUT2D eigenvalue weighted by Gasteiger charge is -2.06. The molecule has 0 unspecified atom stereocenters. The van der Waals surface area contributed by atoms with E-state index >= 15 is 0 Å². The number of aliphatic hydroxyl groups is 1. The van der Waals surface area contributed by atoms with Gasteiger partial charge in [0.25, 0.3) is 5.91 Å². The fraction of sp³-hybridized carbons (Fsp3) is 0.429. The van der Waals surface area contributed by atoms with E-state index in [1.807, 2.05) is 0 Å². The van der Waals surface area contributed by atoms with Gasteiger partial charge >= 0.3 is 0 Å². The first-order valence-electron chi connectivity index (χ1n) is 6.50. The van der Waals surface area contributed by atoms with Crippen LogP contribution in [0.3, 0.4) is 0 Å². The molecule has 102 valence electrons. The highest BCUT2D eigenvalue weighted by atomic mass is 16.3. The van der Waals surface area contributed by atoms with Gasteiger partial charge in [-0.3, -0.25) is 9.59 Å². The molecule has 1 aliphatic carbocycles. The first kappa shape index (κ1) is 13.5. The molecule has 1 fully saturated rings. The largest absolute Gasteiger partial charge is 0.396 e. The van der Waals surface area contributed by atoms with Crippen molar-refractivity contribution in [3.63, 3.8) is 0 Å². The van der Waals surface area contributed by atoms with E-state index in [2.05, 4.69) is 10.6 Å². The van der Waals surface area contributed by atoms with E-state index in [0.717, 1.165) is 12.8 Å². The molecule has 0 saturated heterocycles. The summed E-state index contributed by atoms with van der Waals surface area (Å²) >= 11 is 0. The average molecular weight is 262 g/mol. The number of anilines is 1. The summed E-state index contributed by atoms with van der Waals surface area (Å²) in [5.41, 5.74) is 1.26. The van der Waals surface area contributed by atoms with Crippen molar-refractivity contribution in [1.82, 2.24) is 5.32 Å². The van der Waals surface area contributed by atoms with Crippen LogP contribution in [0, 0.1) is 0 Å². The Kier molecular flexibility index (Phi) is 4.52. The Hall–Kier alpha value is -1.88. The van der Waals surface area contributed by atoms with Gasteiger partial charge in [-0.25, -0.2) is 0 Å². The first-order valence-corrected chi connectivity index (χ1v) is 6.50. The maximum atomic E-state index is 11.7. The van der Waals surface area contributed by atoms with Crippen LogP contribution in [0.2, 0.25) is 0 Å². The molecule has 5 nitrogen and oxygen atoms in total. The fourth-order valence-corrected chi connectivity index (χ4v) is 1.66. The number of amides is 2. The van der Waals surface area contributed by atoms with Crippen molar-refractivity contribution in [3.05, 3.63) is 29.8 Å². The minimum absolute atomic E-state index is 0.00763. The molecule has 1 aromatic rings. The normalized spacial score (nSPS) is 13.9. The monoisotopic (exact) mass is 262 g/mol. The van der Waals surface area contributed by atoms with Crippen LogP contribution >= 0.6 is 0 Å². The Balaban J connectivity index is 1.86. The zero-order chi connectivity index (χ0) is 13.7. The Morgan fingerprint density at radius 2 is 1.89 bits per heavy atom. The fourth-order valence-electron chi connectivity index (χ4n) is 1.66. The zero-order valence-electron chi connectivity index (χ0n) is 10.7. The molecule has 1 saturated carbocycles. The van der Waals surface area contributed by atoms with E-state index in [1.54, 1.807) is 24.3 Å². The average Bonchev–Trinajstić information content (AvgIpc) is 3.21. The number of benzene rings is 1. The molecule has 3 N–H and O–H groups in total. The Morgan fingerprint density at radius 1 is 1.21 bits per heavy atom. The molecule has 1 aromatic carbocycles.